The Bertz CT molecular complexity index is 221. The van der Waals surface area contributed by atoms with Crippen LogP contribution in [0.4, 0.5) is 0 Å². The number of hydrogen-bond donors (Lipinski definition) is 2. The number of hydrogen-bond acceptors (Lipinski definition) is 3. The predicted octanol–water partition coefficient (Wildman–Crippen LogP) is 0.977. The van der Waals surface area contributed by atoms with Crippen molar-refractivity contribution in [2.45, 2.75) is 45.6 Å². The van der Waals surface area contributed by atoms with Gasteiger partial charge >= 0.3 is 0 Å². The van der Waals surface area contributed by atoms with Crippen LogP contribution in [0, 0.1) is 0 Å². The van der Waals surface area contributed by atoms with Crippen LogP contribution >= 0.6 is 0 Å². The van der Waals surface area contributed by atoms with Crippen LogP contribution < -0.4 is 10.6 Å². The van der Waals surface area contributed by atoms with Gasteiger partial charge in [0.2, 0.25) is 5.91 Å². The summed E-state index contributed by atoms with van der Waals surface area (Å²) in [5.74, 6) is 0.113. The van der Waals surface area contributed by atoms with Gasteiger partial charge < -0.3 is 15.5 Å². The Morgan fingerprint density at radius 1 is 1.29 bits per heavy atom. The van der Waals surface area contributed by atoms with Gasteiger partial charge in [-0.1, -0.05) is 6.92 Å². The first-order valence-corrected chi connectivity index (χ1v) is 6.98. The zero-order chi connectivity index (χ0) is 12.5. The lowest BCUT2D eigenvalue weighted by Crippen LogP contribution is -2.39. The monoisotopic (exact) mass is 241 g/mol. The molecule has 1 atom stereocenters. The molecule has 1 unspecified atom stereocenters. The van der Waals surface area contributed by atoms with Gasteiger partial charge in [0.05, 0.1) is 6.54 Å². The van der Waals surface area contributed by atoms with Crippen LogP contribution in [0.3, 0.4) is 0 Å². The van der Waals surface area contributed by atoms with Crippen molar-refractivity contribution in [1.82, 2.24) is 15.5 Å². The molecule has 0 radical (unpaired) electrons. The number of likely N-dealkylation sites (N-methyl/N-ethyl adjacent to an activating group) is 1. The van der Waals surface area contributed by atoms with Crippen LogP contribution in [0.25, 0.3) is 0 Å². The van der Waals surface area contributed by atoms with E-state index in [1.165, 1.54) is 45.3 Å². The summed E-state index contributed by atoms with van der Waals surface area (Å²) in [4.78, 5) is 13.9. The van der Waals surface area contributed by atoms with Crippen LogP contribution in [0.2, 0.25) is 0 Å². The smallest absolute Gasteiger partial charge is 0.233 e. The van der Waals surface area contributed by atoms with Crippen molar-refractivity contribution in [2.24, 2.45) is 0 Å². The first kappa shape index (κ1) is 14.5. The van der Waals surface area contributed by atoms with E-state index in [2.05, 4.69) is 22.5 Å². The molecular formula is C13H27N3O. The molecule has 2 N–H and O–H groups in total. The molecular weight excluding hydrogens is 214 g/mol. The van der Waals surface area contributed by atoms with E-state index in [-0.39, 0.29) is 5.91 Å². The molecule has 0 bridgehead atoms. The van der Waals surface area contributed by atoms with Gasteiger partial charge in [0.25, 0.3) is 0 Å². The minimum atomic E-state index is 0.113. The van der Waals surface area contributed by atoms with Gasteiger partial charge in [0.1, 0.15) is 0 Å². The van der Waals surface area contributed by atoms with Crippen molar-refractivity contribution >= 4 is 5.91 Å². The number of nitrogens with zero attached hydrogens (tertiary/aromatic N) is 1. The Balaban J connectivity index is 2.19. The molecule has 1 saturated heterocycles. The third kappa shape index (κ3) is 6.03. The van der Waals surface area contributed by atoms with E-state index in [1.54, 1.807) is 0 Å². The second-order valence-electron chi connectivity index (χ2n) is 4.80. The summed E-state index contributed by atoms with van der Waals surface area (Å²) in [6.45, 7) is 8.96. The lowest BCUT2D eigenvalue weighted by Gasteiger charge is -2.19. The van der Waals surface area contributed by atoms with E-state index < -0.39 is 0 Å². The van der Waals surface area contributed by atoms with Crippen molar-refractivity contribution < 1.29 is 4.79 Å². The van der Waals surface area contributed by atoms with Crippen LogP contribution in [0.15, 0.2) is 0 Å². The standard InChI is InChI=1S/C13H27N3O/c1-3-8-16-9-5-6-12(7-10-16)15-11-13(17)14-4-2/h12,15H,3-11H2,1-2H3,(H,14,17). The van der Waals surface area contributed by atoms with E-state index in [9.17, 15) is 4.79 Å². The molecule has 0 aliphatic carbocycles. The zero-order valence-corrected chi connectivity index (χ0v) is 11.3. The van der Waals surface area contributed by atoms with Crippen LogP contribution in [0.1, 0.15) is 39.5 Å². The van der Waals surface area contributed by atoms with E-state index in [0.717, 1.165) is 6.54 Å². The van der Waals surface area contributed by atoms with E-state index >= 15 is 0 Å². The fourth-order valence-electron chi connectivity index (χ4n) is 2.40. The van der Waals surface area contributed by atoms with Crippen molar-refractivity contribution in [2.75, 3.05) is 32.7 Å². The number of carbonyl (C=O) groups excluding carboxylic acids is 1. The molecule has 0 spiro atoms. The Kier molecular flexibility index (Phi) is 7.21. The minimum absolute atomic E-state index is 0.113. The fraction of sp³-hybridized carbons (Fsp3) is 0.923. The van der Waals surface area contributed by atoms with Gasteiger partial charge in [-0.05, 0) is 52.2 Å². The molecule has 0 aromatic rings. The van der Waals surface area contributed by atoms with Crippen LogP contribution in [-0.4, -0.2) is 49.6 Å². The summed E-state index contributed by atoms with van der Waals surface area (Å²) in [5.41, 5.74) is 0. The highest BCUT2D eigenvalue weighted by atomic mass is 16.1. The molecule has 0 aromatic carbocycles. The number of carbonyl (C=O) groups is 1. The van der Waals surface area contributed by atoms with E-state index in [1.807, 2.05) is 6.92 Å². The Morgan fingerprint density at radius 3 is 2.82 bits per heavy atom. The highest BCUT2D eigenvalue weighted by molar-refractivity contribution is 5.77. The molecule has 0 saturated carbocycles. The van der Waals surface area contributed by atoms with Gasteiger partial charge in [0, 0.05) is 12.6 Å². The molecule has 1 rings (SSSR count). The lowest BCUT2D eigenvalue weighted by molar-refractivity contribution is -0.120. The van der Waals surface area contributed by atoms with Gasteiger partial charge in [-0.25, -0.2) is 0 Å². The van der Waals surface area contributed by atoms with Crippen molar-refractivity contribution in [3.05, 3.63) is 0 Å². The lowest BCUT2D eigenvalue weighted by atomic mass is 10.1. The summed E-state index contributed by atoms with van der Waals surface area (Å²) < 4.78 is 0. The van der Waals surface area contributed by atoms with Crippen molar-refractivity contribution in [3.8, 4) is 0 Å². The highest BCUT2D eigenvalue weighted by Crippen LogP contribution is 2.10. The molecule has 100 valence electrons. The molecule has 1 heterocycles. The van der Waals surface area contributed by atoms with Crippen molar-refractivity contribution in [3.63, 3.8) is 0 Å². The summed E-state index contributed by atoms with van der Waals surface area (Å²) in [5, 5.41) is 6.19. The first-order chi connectivity index (χ1) is 8.26. The topological polar surface area (TPSA) is 44.4 Å². The van der Waals surface area contributed by atoms with Gasteiger partial charge in [-0.2, -0.15) is 0 Å². The summed E-state index contributed by atoms with van der Waals surface area (Å²) in [6.07, 6.45) is 4.84. The normalized spacial score (nSPS) is 22.1. The second-order valence-corrected chi connectivity index (χ2v) is 4.80. The van der Waals surface area contributed by atoms with Gasteiger partial charge in [0.15, 0.2) is 0 Å². The molecule has 1 fully saturated rings. The average molecular weight is 241 g/mol. The Hall–Kier alpha value is -0.610. The second kappa shape index (κ2) is 8.48. The third-order valence-corrected chi connectivity index (χ3v) is 3.29. The maximum Gasteiger partial charge on any atom is 0.233 e. The predicted molar refractivity (Wildman–Crippen MR) is 71.1 cm³/mol. The molecule has 4 nitrogen and oxygen atoms in total. The first-order valence-electron chi connectivity index (χ1n) is 6.98. The zero-order valence-electron chi connectivity index (χ0n) is 11.3. The van der Waals surface area contributed by atoms with Gasteiger partial charge in [-0.3, -0.25) is 4.79 Å². The van der Waals surface area contributed by atoms with Crippen LogP contribution in [-0.2, 0) is 4.79 Å². The quantitative estimate of drug-likeness (QED) is 0.728. The maximum atomic E-state index is 11.4. The van der Waals surface area contributed by atoms with Crippen LogP contribution in [0.5, 0.6) is 0 Å². The summed E-state index contributed by atoms with van der Waals surface area (Å²) in [7, 11) is 0. The van der Waals surface area contributed by atoms with E-state index in [4.69, 9.17) is 0 Å². The third-order valence-electron chi connectivity index (χ3n) is 3.29. The summed E-state index contributed by atoms with van der Waals surface area (Å²) >= 11 is 0. The summed E-state index contributed by atoms with van der Waals surface area (Å²) in [6, 6.07) is 0.513. The fourth-order valence-corrected chi connectivity index (χ4v) is 2.40. The van der Waals surface area contributed by atoms with E-state index in [0.29, 0.717) is 12.6 Å². The maximum absolute atomic E-state index is 11.4. The van der Waals surface area contributed by atoms with Crippen molar-refractivity contribution in [1.29, 1.82) is 0 Å². The molecule has 1 aliphatic rings. The average Bonchev–Trinajstić information content (AvgIpc) is 2.53. The number of rotatable bonds is 6. The molecule has 4 heteroatoms. The molecule has 17 heavy (non-hydrogen) atoms. The molecule has 1 amide bonds. The SMILES string of the molecule is CCCN1CCCC(NCC(=O)NCC)CC1. The highest BCUT2D eigenvalue weighted by Gasteiger charge is 2.16. The number of nitrogens with one attached hydrogen (secondary N) is 2. The molecule has 1 aliphatic heterocycles. The Labute approximate surface area is 105 Å². The van der Waals surface area contributed by atoms with Gasteiger partial charge in [-0.15, -0.1) is 0 Å². The Morgan fingerprint density at radius 2 is 2.12 bits per heavy atom. The molecule has 0 aromatic heterocycles. The number of amides is 1. The minimum Gasteiger partial charge on any atom is -0.355 e. The number of likely N-dealkylation sites (tertiary alicyclic amines) is 1. The largest absolute Gasteiger partial charge is 0.355 e.